The van der Waals surface area contributed by atoms with Crippen LogP contribution in [0.3, 0.4) is 0 Å². The second kappa shape index (κ2) is 8.56. The molecule has 1 amide bonds. The van der Waals surface area contributed by atoms with Crippen molar-refractivity contribution in [1.29, 1.82) is 0 Å². The van der Waals surface area contributed by atoms with Gasteiger partial charge in [-0.3, -0.25) is 9.52 Å². The van der Waals surface area contributed by atoms with Crippen LogP contribution in [0.25, 0.3) is 0 Å². The van der Waals surface area contributed by atoms with Crippen molar-refractivity contribution in [2.75, 3.05) is 17.9 Å². The lowest BCUT2D eigenvalue weighted by atomic mass is 10.2. The number of hydrogen-bond acceptors (Lipinski definition) is 7. The van der Waals surface area contributed by atoms with E-state index in [9.17, 15) is 13.2 Å². The van der Waals surface area contributed by atoms with E-state index < -0.39 is 15.9 Å². The number of benzene rings is 2. The van der Waals surface area contributed by atoms with Crippen molar-refractivity contribution in [1.82, 2.24) is 5.43 Å². The molecule has 0 saturated carbocycles. The monoisotopic (exact) mass is 443 g/mol. The zero-order chi connectivity index (χ0) is 21.0. The molecule has 0 bridgehead atoms. The molecule has 0 radical (unpaired) electrons. The summed E-state index contributed by atoms with van der Waals surface area (Å²) in [5.74, 6) is 0.894. The van der Waals surface area contributed by atoms with Gasteiger partial charge in [0, 0.05) is 11.3 Å². The normalized spacial score (nSPS) is 13.2. The number of rotatable bonds is 6. The van der Waals surface area contributed by atoms with Gasteiger partial charge >= 0.3 is 0 Å². The van der Waals surface area contributed by atoms with Gasteiger partial charge in [-0.15, -0.1) is 11.3 Å². The molecule has 0 unspecified atom stereocenters. The third-order valence-corrected chi connectivity index (χ3v) is 6.88. The molecule has 10 heteroatoms. The molecule has 0 spiro atoms. The number of carbonyl (C=O) groups is 1. The van der Waals surface area contributed by atoms with Gasteiger partial charge in [-0.25, -0.2) is 13.8 Å². The second-order valence-corrected chi connectivity index (χ2v) is 9.07. The molecule has 4 rings (SSSR count). The lowest BCUT2D eigenvalue weighted by Crippen LogP contribution is -2.18. The van der Waals surface area contributed by atoms with Crippen LogP contribution in [0.2, 0.25) is 0 Å². The first-order valence-electron chi connectivity index (χ1n) is 8.91. The van der Waals surface area contributed by atoms with Crippen molar-refractivity contribution >= 4 is 39.2 Å². The Morgan fingerprint density at radius 2 is 1.80 bits per heavy atom. The molecule has 1 aliphatic rings. The van der Waals surface area contributed by atoms with E-state index in [2.05, 4.69) is 15.2 Å². The Hall–Kier alpha value is -3.37. The number of ether oxygens (including phenoxy) is 2. The minimum atomic E-state index is -3.63. The molecule has 1 aromatic heterocycles. The summed E-state index contributed by atoms with van der Waals surface area (Å²) < 4.78 is 38.1. The van der Waals surface area contributed by atoms with Crippen LogP contribution in [0.4, 0.5) is 5.69 Å². The highest BCUT2D eigenvalue weighted by Crippen LogP contribution is 2.30. The molecule has 3 aromatic rings. The van der Waals surface area contributed by atoms with Crippen LogP contribution in [0.5, 0.6) is 11.5 Å². The van der Waals surface area contributed by atoms with Crippen LogP contribution < -0.4 is 19.6 Å². The number of hydrogen-bond donors (Lipinski definition) is 2. The number of hydrazone groups is 1. The van der Waals surface area contributed by atoms with Gasteiger partial charge in [0.15, 0.2) is 11.5 Å². The lowest BCUT2D eigenvalue weighted by Gasteiger charge is -2.18. The zero-order valence-corrected chi connectivity index (χ0v) is 17.2. The average molecular weight is 444 g/mol. The van der Waals surface area contributed by atoms with Crippen LogP contribution in [0, 0.1) is 0 Å². The van der Waals surface area contributed by atoms with Gasteiger partial charge in [-0.05, 0) is 59.5 Å². The van der Waals surface area contributed by atoms with Gasteiger partial charge in [0.1, 0.15) is 17.4 Å². The van der Waals surface area contributed by atoms with Crippen molar-refractivity contribution in [2.24, 2.45) is 5.10 Å². The van der Waals surface area contributed by atoms with E-state index in [1.54, 1.807) is 29.6 Å². The van der Waals surface area contributed by atoms with E-state index in [4.69, 9.17) is 9.47 Å². The molecule has 0 aliphatic carbocycles. The number of amides is 1. The molecular weight excluding hydrogens is 426 g/mol. The van der Waals surface area contributed by atoms with E-state index in [0.29, 0.717) is 36.0 Å². The summed E-state index contributed by atoms with van der Waals surface area (Å²) in [7, 11) is -3.63. The zero-order valence-electron chi connectivity index (χ0n) is 15.6. The van der Waals surface area contributed by atoms with Crippen molar-refractivity contribution < 1.29 is 22.7 Å². The van der Waals surface area contributed by atoms with E-state index in [1.807, 2.05) is 0 Å². The molecule has 8 nitrogen and oxygen atoms in total. The Morgan fingerprint density at radius 3 is 2.53 bits per heavy atom. The molecule has 30 heavy (non-hydrogen) atoms. The summed E-state index contributed by atoms with van der Waals surface area (Å²) in [4.78, 5) is 12.2. The highest BCUT2D eigenvalue weighted by atomic mass is 32.2. The fraction of sp³-hybridized carbons (Fsp3) is 0.100. The van der Waals surface area contributed by atoms with Crippen LogP contribution in [-0.2, 0) is 10.0 Å². The first kappa shape index (κ1) is 19.9. The quantitative estimate of drug-likeness (QED) is 0.450. The van der Waals surface area contributed by atoms with E-state index >= 15 is 0 Å². The first-order valence-corrected chi connectivity index (χ1v) is 11.3. The topological polar surface area (TPSA) is 106 Å². The Kier molecular flexibility index (Phi) is 5.68. The number of nitrogens with one attached hydrogen (secondary N) is 2. The maximum absolute atomic E-state index is 12.2. The SMILES string of the molecule is O=C(NN=Cc1ccc2c(c1)OCCO2)c1ccc(NS(=O)(=O)c2cccs2)cc1. The van der Waals surface area contributed by atoms with Gasteiger partial charge in [0.25, 0.3) is 15.9 Å². The molecule has 0 atom stereocenters. The van der Waals surface area contributed by atoms with Crippen molar-refractivity contribution in [2.45, 2.75) is 4.21 Å². The first-order chi connectivity index (χ1) is 14.5. The maximum Gasteiger partial charge on any atom is 0.271 e. The highest BCUT2D eigenvalue weighted by Gasteiger charge is 2.15. The minimum absolute atomic E-state index is 0.220. The number of carbonyl (C=O) groups excluding carboxylic acids is 1. The van der Waals surface area contributed by atoms with Crippen molar-refractivity contribution in [3.05, 3.63) is 71.1 Å². The summed E-state index contributed by atoms with van der Waals surface area (Å²) in [6.45, 7) is 1.01. The summed E-state index contributed by atoms with van der Waals surface area (Å²) in [6, 6.07) is 14.6. The van der Waals surface area contributed by atoms with Crippen molar-refractivity contribution in [3.63, 3.8) is 0 Å². The predicted octanol–water partition coefficient (Wildman–Crippen LogP) is 3.08. The Labute approximate surface area is 177 Å². The molecule has 0 fully saturated rings. The van der Waals surface area contributed by atoms with E-state index in [1.165, 1.54) is 36.5 Å². The third-order valence-electron chi connectivity index (χ3n) is 4.11. The summed E-state index contributed by atoms with van der Waals surface area (Å²) in [5, 5.41) is 5.64. The number of anilines is 1. The Morgan fingerprint density at radius 1 is 1.03 bits per heavy atom. The Balaban J connectivity index is 1.36. The van der Waals surface area contributed by atoms with Gasteiger partial charge in [0.05, 0.1) is 6.21 Å². The molecule has 0 saturated heterocycles. The second-order valence-electron chi connectivity index (χ2n) is 6.22. The summed E-state index contributed by atoms with van der Waals surface area (Å²) >= 11 is 1.13. The van der Waals surface area contributed by atoms with Crippen molar-refractivity contribution in [3.8, 4) is 11.5 Å². The lowest BCUT2D eigenvalue weighted by molar-refractivity contribution is 0.0955. The smallest absolute Gasteiger partial charge is 0.271 e. The fourth-order valence-electron chi connectivity index (χ4n) is 2.68. The van der Waals surface area contributed by atoms with Crippen LogP contribution in [0.15, 0.2) is 69.3 Å². The van der Waals surface area contributed by atoms with E-state index in [0.717, 1.165) is 16.9 Å². The highest BCUT2D eigenvalue weighted by molar-refractivity contribution is 7.94. The predicted molar refractivity (Wildman–Crippen MR) is 114 cm³/mol. The molecule has 2 N–H and O–H groups in total. The van der Waals surface area contributed by atoms with Gasteiger partial charge in [-0.1, -0.05) is 6.07 Å². The van der Waals surface area contributed by atoms with E-state index in [-0.39, 0.29) is 4.21 Å². The fourth-order valence-corrected chi connectivity index (χ4v) is 4.73. The summed E-state index contributed by atoms with van der Waals surface area (Å²) in [6.07, 6.45) is 1.50. The average Bonchev–Trinajstić information content (AvgIpc) is 3.30. The number of sulfonamides is 1. The van der Waals surface area contributed by atoms with Crippen LogP contribution in [-0.4, -0.2) is 33.8 Å². The largest absolute Gasteiger partial charge is 0.486 e. The molecule has 154 valence electrons. The number of fused-ring (bicyclic) bond motifs is 1. The van der Waals surface area contributed by atoms with Gasteiger partial charge in [0.2, 0.25) is 0 Å². The Bertz CT molecular complexity index is 1170. The van der Waals surface area contributed by atoms with Crippen LogP contribution >= 0.6 is 11.3 Å². The standard InChI is InChI=1S/C20H17N3O5S2/c24-20(22-21-13-14-3-8-17-18(12-14)28-10-9-27-17)15-4-6-16(7-5-15)23-30(25,26)19-2-1-11-29-19/h1-8,11-13,23H,9-10H2,(H,22,24). The van der Waals surface area contributed by atoms with Gasteiger partial charge in [-0.2, -0.15) is 5.10 Å². The van der Waals surface area contributed by atoms with Crippen LogP contribution in [0.1, 0.15) is 15.9 Å². The molecule has 2 heterocycles. The number of nitrogens with zero attached hydrogens (tertiary/aromatic N) is 1. The summed E-state index contributed by atoms with van der Waals surface area (Å²) in [5.41, 5.74) is 3.89. The van der Waals surface area contributed by atoms with Gasteiger partial charge < -0.3 is 9.47 Å². The molecule has 1 aliphatic heterocycles. The third kappa shape index (κ3) is 4.61. The maximum atomic E-state index is 12.2. The molecular formula is C20H17N3O5S2. The molecule has 2 aromatic carbocycles. The minimum Gasteiger partial charge on any atom is -0.486 e. The number of thiophene rings is 1.